The Labute approximate surface area is 140 Å². The van der Waals surface area contributed by atoms with E-state index < -0.39 is 0 Å². The maximum atomic E-state index is 12.0. The molecule has 0 radical (unpaired) electrons. The van der Waals surface area contributed by atoms with Crippen molar-refractivity contribution in [1.82, 2.24) is 20.4 Å². The van der Waals surface area contributed by atoms with Gasteiger partial charge in [-0.05, 0) is 43.6 Å². The van der Waals surface area contributed by atoms with Crippen LogP contribution in [-0.4, -0.2) is 40.8 Å². The minimum atomic E-state index is -0.238. The minimum absolute atomic E-state index is 0.131. The van der Waals surface area contributed by atoms with Crippen LogP contribution in [0.3, 0.4) is 0 Å². The lowest BCUT2D eigenvalue weighted by Gasteiger charge is -2.28. The summed E-state index contributed by atoms with van der Waals surface area (Å²) in [5, 5.41) is 12.9. The van der Waals surface area contributed by atoms with Gasteiger partial charge < -0.3 is 10.6 Å². The van der Waals surface area contributed by atoms with Crippen molar-refractivity contribution < 1.29 is 4.79 Å². The van der Waals surface area contributed by atoms with Crippen LogP contribution in [-0.2, 0) is 0 Å². The van der Waals surface area contributed by atoms with Crippen molar-refractivity contribution in [2.45, 2.75) is 18.9 Å². The topological polar surface area (TPSA) is 73.1 Å². The summed E-state index contributed by atoms with van der Waals surface area (Å²) in [6.45, 7) is 2.62. The summed E-state index contributed by atoms with van der Waals surface area (Å²) in [6, 6.07) is 7.74. The SMILES string of the molecule is O=C(NCC(c1cccc(Cl)c1)N1CCCC1)Nc1cn[nH]c1. The summed E-state index contributed by atoms with van der Waals surface area (Å²) in [5.74, 6) is 0. The van der Waals surface area contributed by atoms with Crippen molar-refractivity contribution in [3.63, 3.8) is 0 Å². The molecule has 2 amide bonds. The van der Waals surface area contributed by atoms with Crippen LogP contribution in [0.2, 0.25) is 5.02 Å². The van der Waals surface area contributed by atoms with Gasteiger partial charge in [0.2, 0.25) is 0 Å². The van der Waals surface area contributed by atoms with Crippen molar-refractivity contribution >= 4 is 23.3 Å². The van der Waals surface area contributed by atoms with Crippen molar-refractivity contribution in [1.29, 1.82) is 0 Å². The van der Waals surface area contributed by atoms with Crippen molar-refractivity contribution in [2.24, 2.45) is 0 Å². The van der Waals surface area contributed by atoms with E-state index >= 15 is 0 Å². The molecule has 3 N–H and O–H groups in total. The third-order valence-electron chi connectivity index (χ3n) is 4.03. The minimum Gasteiger partial charge on any atom is -0.336 e. The predicted octanol–water partition coefficient (Wildman–Crippen LogP) is 3.02. The van der Waals surface area contributed by atoms with Gasteiger partial charge >= 0.3 is 6.03 Å². The molecule has 122 valence electrons. The Bertz CT molecular complexity index is 640. The van der Waals surface area contributed by atoms with E-state index in [1.165, 1.54) is 12.8 Å². The van der Waals surface area contributed by atoms with Gasteiger partial charge in [0.1, 0.15) is 0 Å². The van der Waals surface area contributed by atoms with Crippen LogP contribution in [0.1, 0.15) is 24.4 Å². The number of likely N-dealkylation sites (tertiary alicyclic amines) is 1. The number of aromatic amines is 1. The van der Waals surface area contributed by atoms with Crippen LogP contribution in [0, 0.1) is 0 Å². The Morgan fingerprint density at radius 3 is 2.91 bits per heavy atom. The molecular weight excluding hydrogens is 314 g/mol. The highest BCUT2D eigenvalue weighted by atomic mass is 35.5. The standard InChI is InChI=1S/C16H20ClN5O/c17-13-5-3-4-12(8-13)15(22-6-1-2-7-22)11-18-16(23)21-14-9-19-20-10-14/h3-5,8-10,15H,1-2,6-7,11H2,(H,19,20)(H2,18,21,23). The van der Waals surface area contributed by atoms with Gasteiger partial charge in [0.15, 0.2) is 0 Å². The van der Waals surface area contributed by atoms with Gasteiger partial charge in [0.25, 0.3) is 0 Å². The van der Waals surface area contributed by atoms with Crippen LogP contribution < -0.4 is 10.6 Å². The molecule has 1 unspecified atom stereocenters. The average Bonchev–Trinajstić information content (AvgIpc) is 3.21. The van der Waals surface area contributed by atoms with Crippen molar-refractivity contribution in [3.05, 3.63) is 47.2 Å². The zero-order valence-electron chi connectivity index (χ0n) is 12.8. The molecule has 2 aromatic rings. The zero-order valence-corrected chi connectivity index (χ0v) is 13.5. The van der Waals surface area contributed by atoms with E-state index in [-0.39, 0.29) is 12.1 Å². The number of rotatable bonds is 5. The fourth-order valence-corrected chi connectivity index (χ4v) is 3.11. The molecule has 1 saturated heterocycles. The first kappa shape index (κ1) is 15.8. The Morgan fingerprint density at radius 1 is 1.39 bits per heavy atom. The molecule has 0 spiro atoms. The Balaban J connectivity index is 1.65. The zero-order chi connectivity index (χ0) is 16.1. The fourth-order valence-electron chi connectivity index (χ4n) is 2.91. The van der Waals surface area contributed by atoms with Gasteiger partial charge in [-0.2, -0.15) is 5.10 Å². The lowest BCUT2D eigenvalue weighted by Crippen LogP contribution is -2.38. The van der Waals surface area contributed by atoms with Crippen LogP contribution in [0.15, 0.2) is 36.7 Å². The summed E-state index contributed by atoms with van der Waals surface area (Å²) >= 11 is 6.12. The summed E-state index contributed by atoms with van der Waals surface area (Å²) in [7, 11) is 0. The number of nitrogens with zero attached hydrogens (tertiary/aromatic N) is 2. The molecule has 3 rings (SSSR count). The van der Waals surface area contributed by atoms with Gasteiger partial charge in [0, 0.05) is 17.8 Å². The second kappa shape index (κ2) is 7.48. The van der Waals surface area contributed by atoms with Gasteiger partial charge in [0.05, 0.1) is 17.9 Å². The summed E-state index contributed by atoms with van der Waals surface area (Å²) in [4.78, 5) is 14.4. The summed E-state index contributed by atoms with van der Waals surface area (Å²) < 4.78 is 0. The lowest BCUT2D eigenvalue weighted by molar-refractivity contribution is 0.227. The molecule has 1 aliphatic heterocycles. The fraction of sp³-hybridized carbons (Fsp3) is 0.375. The van der Waals surface area contributed by atoms with Crippen molar-refractivity contribution in [3.8, 4) is 0 Å². The molecule has 23 heavy (non-hydrogen) atoms. The second-order valence-electron chi connectivity index (χ2n) is 5.64. The first-order chi connectivity index (χ1) is 11.2. The third-order valence-corrected chi connectivity index (χ3v) is 4.26. The number of hydrogen-bond donors (Lipinski definition) is 3. The van der Waals surface area contributed by atoms with E-state index in [1.807, 2.05) is 18.2 Å². The van der Waals surface area contributed by atoms with Gasteiger partial charge in [-0.1, -0.05) is 23.7 Å². The van der Waals surface area contributed by atoms with E-state index in [1.54, 1.807) is 12.4 Å². The number of nitrogens with one attached hydrogen (secondary N) is 3. The predicted molar refractivity (Wildman–Crippen MR) is 90.6 cm³/mol. The Kier molecular flexibility index (Phi) is 5.15. The van der Waals surface area contributed by atoms with Gasteiger partial charge in [-0.15, -0.1) is 0 Å². The number of aromatic nitrogens is 2. The monoisotopic (exact) mass is 333 g/mol. The molecular formula is C16H20ClN5O. The molecule has 1 atom stereocenters. The highest BCUT2D eigenvalue weighted by molar-refractivity contribution is 6.30. The first-order valence-corrected chi connectivity index (χ1v) is 8.13. The number of H-pyrrole nitrogens is 1. The molecule has 0 aliphatic carbocycles. The van der Waals surface area contributed by atoms with E-state index in [4.69, 9.17) is 11.6 Å². The van der Waals surface area contributed by atoms with Crippen LogP contribution in [0.5, 0.6) is 0 Å². The van der Waals surface area contributed by atoms with E-state index in [0.717, 1.165) is 23.7 Å². The van der Waals surface area contributed by atoms with Crippen LogP contribution >= 0.6 is 11.6 Å². The number of urea groups is 1. The maximum absolute atomic E-state index is 12.0. The highest BCUT2D eigenvalue weighted by Crippen LogP contribution is 2.26. The number of hydrogen-bond acceptors (Lipinski definition) is 3. The average molecular weight is 334 g/mol. The molecule has 1 fully saturated rings. The lowest BCUT2D eigenvalue weighted by atomic mass is 10.1. The second-order valence-corrected chi connectivity index (χ2v) is 6.07. The number of amides is 2. The van der Waals surface area contributed by atoms with Crippen LogP contribution in [0.25, 0.3) is 0 Å². The molecule has 2 heterocycles. The molecule has 0 saturated carbocycles. The number of carbonyl (C=O) groups is 1. The quantitative estimate of drug-likeness (QED) is 0.787. The Hall–Kier alpha value is -2.05. The smallest absolute Gasteiger partial charge is 0.319 e. The molecule has 6 nitrogen and oxygen atoms in total. The summed E-state index contributed by atoms with van der Waals surface area (Å²) in [6.07, 6.45) is 5.58. The normalized spacial score (nSPS) is 16.2. The molecule has 1 aromatic heterocycles. The molecule has 1 aliphatic rings. The maximum Gasteiger partial charge on any atom is 0.319 e. The number of benzene rings is 1. The van der Waals surface area contributed by atoms with Crippen molar-refractivity contribution in [2.75, 3.05) is 25.0 Å². The largest absolute Gasteiger partial charge is 0.336 e. The van der Waals surface area contributed by atoms with Gasteiger partial charge in [-0.25, -0.2) is 4.79 Å². The highest BCUT2D eigenvalue weighted by Gasteiger charge is 2.24. The third kappa shape index (κ3) is 4.24. The molecule has 1 aromatic carbocycles. The van der Waals surface area contributed by atoms with Gasteiger partial charge in [-0.3, -0.25) is 10.00 Å². The molecule has 0 bridgehead atoms. The first-order valence-electron chi connectivity index (χ1n) is 7.75. The summed E-state index contributed by atoms with van der Waals surface area (Å²) in [5.41, 5.74) is 1.77. The Morgan fingerprint density at radius 2 is 2.22 bits per heavy atom. The molecule has 7 heteroatoms. The van der Waals surface area contributed by atoms with E-state index in [0.29, 0.717) is 12.2 Å². The van der Waals surface area contributed by atoms with E-state index in [2.05, 4.69) is 31.8 Å². The number of carbonyl (C=O) groups excluding carboxylic acids is 1. The number of anilines is 1. The van der Waals surface area contributed by atoms with Crippen LogP contribution in [0.4, 0.5) is 10.5 Å². The van der Waals surface area contributed by atoms with E-state index in [9.17, 15) is 4.79 Å². The number of halogens is 1.